The van der Waals surface area contributed by atoms with E-state index in [1.165, 1.54) is 4.90 Å². The van der Waals surface area contributed by atoms with E-state index in [0.717, 1.165) is 19.4 Å². The molecule has 2 aliphatic heterocycles. The molecule has 1 fully saturated rings. The predicted octanol–water partition coefficient (Wildman–Crippen LogP) is 1.83. The summed E-state index contributed by atoms with van der Waals surface area (Å²) in [5, 5.41) is 3.45. The number of nitrogens with one attached hydrogen (secondary N) is 1. The first-order chi connectivity index (χ1) is 10.5. The number of fused-ring (bicyclic) bond motifs is 1. The predicted molar refractivity (Wildman–Crippen MR) is 82.9 cm³/mol. The second kappa shape index (κ2) is 5.82. The van der Waals surface area contributed by atoms with Crippen LogP contribution in [0.4, 0.5) is 0 Å². The summed E-state index contributed by atoms with van der Waals surface area (Å²) in [7, 11) is 0. The zero-order valence-electron chi connectivity index (χ0n) is 13.1. The Hall–Kier alpha value is -1.72. The summed E-state index contributed by atoms with van der Waals surface area (Å²) in [6, 6.07) is 7.37. The molecule has 22 heavy (non-hydrogen) atoms. The Morgan fingerprint density at radius 3 is 2.45 bits per heavy atom. The Balaban J connectivity index is 1.55. The van der Waals surface area contributed by atoms with Crippen molar-refractivity contribution in [2.45, 2.75) is 38.3 Å². The van der Waals surface area contributed by atoms with Gasteiger partial charge in [0.1, 0.15) is 0 Å². The minimum Gasteiger partial charge on any atom is -0.375 e. The van der Waals surface area contributed by atoms with E-state index in [1.54, 1.807) is 24.3 Å². The van der Waals surface area contributed by atoms with Gasteiger partial charge in [-0.15, -0.1) is 0 Å². The molecule has 1 atom stereocenters. The molecule has 3 rings (SSSR count). The fourth-order valence-electron chi connectivity index (χ4n) is 3.23. The van der Waals surface area contributed by atoms with Crippen molar-refractivity contribution in [2.24, 2.45) is 0 Å². The van der Waals surface area contributed by atoms with Crippen molar-refractivity contribution in [2.75, 3.05) is 19.7 Å². The zero-order chi connectivity index (χ0) is 15.7. The highest BCUT2D eigenvalue weighted by Crippen LogP contribution is 2.24. The van der Waals surface area contributed by atoms with Crippen LogP contribution in [0.1, 0.15) is 47.4 Å². The molecule has 0 bridgehead atoms. The van der Waals surface area contributed by atoms with Crippen LogP contribution in [0.2, 0.25) is 0 Å². The van der Waals surface area contributed by atoms with Crippen molar-refractivity contribution < 1.29 is 14.3 Å². The van der Waals surface area contributed by atoms with Crippen LogP contribution >= 0.6 is 0 Å². The van der Waals surface area contributed by atoms with Gasteiger partial charge in [0.05, 0.1) is 16.7 Å². The van der Waals surface area contributed by atoms with Crippen molar-refractivity contribution in [1.82, 2.24) is 10.2 Å². The molecule has 0 aromatic heterocycles. The first-order valence-corrected chi connectivity index (χ1v) is 7.80. The van der Waals surface area contributed by atoms with Crippen LogP contribution in [0.5, 0.6) is 0 Å². The minimum absolute atomic E-state index is 0.106. The summed E-state index contributed by atoms with van der Waals surface area (Å²) in [5.41, 5.74) is 0.922. The van der Waals surface area contributed by atoms with Crippen molar-refractivity contribution in [3.05, 3.63) is 35.4 Å². The Kier molecular flexibility index (Phi) is 4.02. The average molecular weight is 302 g/mol. The van der Waals surface area contributed by atoms with Crippen LogP contribution in [0.25, 0.3) is 0 Å². The number of hydrogen-bond acceptors (Lipinski definition) is 4. The summed E-state index contributed by atoms with van der Waals surface area (Å²) in [6.45, 7) is 5.95. The molecule has 0 aliphatic carbocycles. The van der Waals surface area contributed by atoms with Gasteiger partial charge < -0.3 is 10.1 Å². The maximum atomic E-state index is 12.2. The largest absolute Gasteiger partial charge is 0.375 e. The first-order valence-electron chi connectivity index (χ1n) is 7.80. The van der Waals surface area contributed by atoms with E-state index in [2.05, 4.69) is 19.2 Å². The Labute approximate surface area is 130 Å². The maximum absolute atomic E-state index is 12.2. The summed E-state index contributed by atoms with van der Waals surface area (Å²) < 4.78 is 5.69. The molecule has 0 spiro atoms. The summed E-state index contributed by atoms with van der Waals surface area (Å²) in [6.07, 6.45) is 1.90. The van der Waals surface area contributed by atoms with E-state index in [9.17, 15) is 9.59 Å². The van der Waals surface area contributed by atoms with Gasteiger partial charge in [-0.05, 0) is 38.8 Å². The minimum atomic E-state index is -0.185. The number of imide groups is 1. The third kappa shape index (κ3) is 2.91. The molecule has 5 heteroatoms. The van der Waals surface area contributed by atoms with Crippen LogP contribution in [0.15, 0.2) is 24.3 Å². The normalized spacial score (nSPS) is 23.7. The topological polar surface area (TPSA) is 58.6 Å². The number of ether oxygens (including phenoxy) is 1. The SMILES string of the molecule is CC1(C)C[C@@H](NCCN2C(=O)c3ccccc3C2=O)CCO1. The lowest BCUT2D eigenvalue weighted by molar-refractivity contribution is -0.0628. The standard InChI is InChI=1S/C17H22N2O3/c1-17(2)11-12(7-10-22-17)18-8-9-19-15(20)13-5-3-4-6-14(13)16(19)21/h3-6,12,18H,7-11H2,1-2H3/t12-/m0/s1. The van der Waals surface area contributed by atoms with Crippen LogP contribution in [0.3, 0.4) is 0 Å². The lowest BCUT2D eigenvalue weighted by atomic mass is 9.94. The molecule has 118 valence electrons. The summed E-state index contributed by atoms with van der Waals surface area (Å²) >= 11 is 0. The third-order valence-corrected chi connectivity index (χ3v) is 4.34. The highest BCUT2D eigenvalue weighted by atomic mass is 16.5. The van der Waals surface area contributed by atoms with E-state index < -0.39 is 0 Å². The van der Waals surface area contributed by atoms with Gasteiger partial charge in [-0.1, -0.05) is 12.1 Å². The summed E-state index contributed by atoms with van der Waals surface area (Å²) in [5.74, 6) is -0.371. The molecule has 1 N–H and O–H groups in total. The third-order valence-electron chi connectivity index (χ3n) is 4.34. The van der Waals surface area contributed by atoms with Gasteiger partial charge in [0.15, 0.2) is 0 Å². The number of amides is 2. The maximum Gasteiger partial charge on any atom is 0.261 e. The quantitative estimate of drug-likeness (QED) is 0.862. The van der Waals surface area contributed by atoms with Gasteiger partial charge in [0, 0.05) is 25.7 Å². The van der Waals surface area contributed by atoms with Crippen LogP contribution in [-0.4, -0.2) is 48.1 Å². The lowest BCUT2D eigenvalue weighted by Gasteiger charge is -2.36. The molecule has 1 aromatic carbocycles. The highest BCUT2D eigenvalue weighted by Gasteiger charge is 2.35. The molecule has 2 aliphatic rings. The fraction of sp³-hybridized carbons (Fsp3) is 0.529. The number of rotatable bonds is 4. The molecule has 1 saturated heterocycles. The molecule has 5 nitrogen and oxygen atoms in total. The number of carbonyl (C=O) groups is 2. The first kappa shape index (κ1) is 15.2. The average Bonchev–Trinajstić information content (AvgIpc) is 2.72. The second-order valence-corrected chi connectivity index (χ2v) is 6.56. The van der Waals surface area contributed by atoms with Gasteiger partial charge in [-0.3, -0.25) is 14.5 Å². The Bertz CT molecular complexity index is 562. The number of benzene rings is 1. The van der Waals surface area contributed by atoms with E-state index in [0.29, 0.717) is 30.3 Å². The van der Waals surface area contributed by atoms with Crippen LogP contribution < -0.4 is 5.32 Å². The van der Waals surface area contributed by atoms with Crippen LogP contribution in [0, 0.1) is 0 Å². The zero-order valence-corrected chi connectivity index (χ0v) is 13.1. The number of nitrogens with zero attached hydrogens (tertiary/aromatic N) is 1. The Morgan fingerprint density at radius 2 is 1.86 bits per heavy atom. The van der Waals surface area contributed by atoms with E-state index in [-0.39, 0.29) is 17.4 Å². The molecular weight excluding hydrogens is 280 g/mol. The molecule has 0 radical (unpaired) electrons. The van der Waals surface area contributed by atoms with Crippen molar-refractivity contribution >= 4 is 11.8 Å². The Morgan fingerprint density at radius 1 is 1.23 bits per heavy atom. The molecule has 2 amide bonds. The van der Waals surface area contributed by atoms with Gasteiger partial charge in [0.25, 0.3) is 11.8 Å². The van der Waals surface area contributed by atoms with E-state index in [4.69, 9.17) is 4.74 Å². The second-order valence-electron chi connectivity index (χ2n) is 6.56. The lowest BCUT2D eigenvalue weighted by Crippen LogP contribution is -2.46. The van der Waals surface area contributed by atoms with Gasteiger partial charge >= 0.3 is 0 Å². The molecule has 0 saturated carbocycles. The monoisotopic (exact) mass is 302 g/mol. The van der Waals surface area contributed by atoms with Gasteiger partial charge in [-0.2, -0.15) is 0 Å². The van der Waals surface area contributed by atoms with Crippen molar-refractivity contribution in [3.63, 3.8) is 0 Å². The van der Waals surface area contributed by atoms with E-state index >= 15 is 0 Å². The molecule has 2 heterocycles. The van der Waals surface area contributed by atoms with Crippen molar-refractivity contribution in [3.8, 4) is 0 Å². The molecular formula is C17H22N2O3. The van der Waals surface area contributed by atoms with Crippen LogP contribution in [-0.2, 0) is 4.74 Å². The van der Waals surface area contributed by atoms with Gasteiger partial charge in [-0.25, -0.2) is 0 Å². The fourth-order valence-corrected chi connectivity index (χ4v) is 3.23. The molecule has 1 aromatic rings. The number of hydrogen-bond donors (Lipinski definition) is 1. The summed E-state index contributed by atoms with van der Waals surface area (Å²) in [4.78, 5) is 25.8. The van der Waals surface area contributed by atoms with Crippen molar-refractivity contribution in [1.29, 1.82) is 0 Å². The smallest absolute Gasteiger partial charge is 0.261 e. The van der Waals surface area contributed by atoms with Gasteiger partial charge in [0.2, 0.25) is 0 Å². The number of carbonyl (C=O) groups excluding carboxylic acids is 2. The molecule has 0 unspecified atom stereocenters. The van der Waals surface area contributed by atoms with E-state index in [1.807, 2.05) is 0 Å². The highest BCUT2D eigenvalue weighted by molar-refractivity contribution is 6.21.